The molecule has 2 aliphatic heterocycles. The first-order chi connectivity index (χ1) is 11.9. The molecule has 1 atom stereocenters. The fourth-order valence-corrected chi connectivity index (χ4v) is 3.31. The Kier molecular flexibility index (Phi) is 5.48. The van der Waals surface area contributed by atoms with Crippen molar-refractivity contribution < 1.29 is 22.7 Å². The van der Waals surface area contributed by atoms with E-state index in [1.807, 2.05) is 0 Å². The molecular weight excluding hydrogens is 335 g/mol. The summed E-state index contributed by atoms with van der Waals surface area (Å²) in [4.78, 5) is 16.4. The molecule has 2 fully saturated rings. The van der Waals surface area contributed by atoms with Crippen LogP contribution in [0.1, 0.15) is 12.0 Å². The molecule has 2 heterocycles. The number of nitrogens with zero attached hydrogens (tertiary/aromatic N) is 2. The molecule has 1 unspecified atom stereocenters. The molecule has 0 radical (unpaired) electrons. The highest BCUT2D eigenvalue weighted by molar-refractivity contribution is 5.78. The molecule has 2 aliphatic rings. The number of halogens is 3. The summed E-state index contributed by atoms with van der Waals surface area (Å²) in [5.41, 5.74) is -0.780. The van der Waals surface area contributed by atoms with Gasteiger partial charge in [0.15, 0.2) is 6.61 Å². The summed E-state index contributed by atoms with van der Waals surface area (Å²) in [6, 6.07) is 4.96. The van der Waals surface area contributed by atoms with Crippen molar-refractivity contribution in [1.82, 2.24) is 15.1 Å². The van der Waals surface area contributed by atoms with Gasteiger partial charge in [0.05, 0.1) is 5.56 Å². The number of hydrogen-bond donors (Lipinski definition) is 1. The van der Waals surface area contributed by atoms with Crippen LogP contribution >= 0.6 is 0 Å². The molecule has 8 heteroatoms. The summed E-state index contributed by atoms with van der Waals surface area (Å²) in [6.07, 6.45) is -3.50. The SMILES string of the molecule is O=C(COc1cccc(C(F)(F)F)c1)N1CCC(N2CCNCC2)C1. The maximum atomic E-state index is 12.7. The molecule has 3 rings (SSSR count). The van der Waals surface area contributed by atoms with E-state index in [0.29, 0.717) is 19.1 Å². The Bertz CT molecular complexity index is 603. The van der Waals surface area contributed by atoms with Gasteiger partial charge in [-0.15, -0.1) is 0 Å². The zero-order chi connectivity index (χ0) is 17.9. The number of ether oxygens (including phenoxy) is 1. The molecule has 1 aromatic carbocycles. The van der Waals surface area contributed by atoms with Gasteiger partial charge in [-0.25, -0.2) is 0 Å². The summed E-state index contributed by atoms with van der Waals surface area (Å²) in [5, 5.41) is 3.30. The maximum Gasteiger partial charge on any atom is 0.416 e. The number of nitrogens with one attached hydrogen (secondary N) is 1. The van der Waals surface area contributed by atoms with Crippen molar-refractivity contribution in [3.8, 4) is 5.75 Å². The smallest absolute Gasteiger partial charge is 0.416 e. The van der Waals surface area contributed by atoms with Gasteiger partial charge in [-0.2, -0.15) is 13.2 Å². The first-order valence-electron chi connectivity index (χ1n) is 8.46. The molecule has 25 heavy (non-hydrogen) atoms. The molecule has 1 N–H and O–H groups in total. The lowest BCUT2D eigenvalue weighted by Gasteiger charge is -2.32. The molecular formula is C17H22F3N3O2. The van der Waals surface area contributed by atoms with Crippen molar-refractivity contribution in [3.05, 3.63) is 29.8 Å². The van der Waals surface area contributed by atoms with Gasteiger partial charge in [-0.05, 0) is 24.6 Å². The third kappa shape index (κ3) is 4.64. The molecule has 0 aromatic heterocycles. The quantitative estimate of drug-likeness (QED) is 0.889. The van der Waals surface area contributed by atoms with Crippen LogP contribution < -0.4 is 10.1 Å². The minimum absolute atomic E-state index is 0.0565. The Morgan fingerprint density at radius 2 is 2.00 bits per heavy atom. The van der Waals surface area contributed by atoms with Crippen molar-refractivity contribution >= 4 is 5.91 Å². The van der Waals surface area contributed by atoms with Crippen LogP contribution in [0.5, 0.6) is 5.75 Å². The standard InChI is InChI=1S/C17H22F3N3O2/c18-17(19,20)13-2-1-3-15(10-13)25-12-16(24)23-7-4-14(11-23)22-8-5-21-6-9-22/h1-3,10,14,21H,4-9,11-12H2. The molecule has 0 spiro atoms. The molecule has 0 saturated carbocycles. The van der Waals surface area contributed by atoms with Crippen LogP contribution in [0.4, 0.5) is 13.2 Å². The van der Waals surface area contributed by atoms with Gasteiger partial charge in [0.25, 0.3) is 5.91 Å². The normalized spacial score (nSPS) is 22.2. The second kappa shape index (κ2) is 7.61. The van der Waals surface area contributed by atoms with Crippen molar-refractivity contribution in [1.29, 1.82) is 0 Å². The topological polar surface area (TPSA) is 44.8 Å². The number of carbonyl (C=O) groups is 1. The lowest BCUT2D eigenvalue weighted by atomic mass is 10.2. The Labute approximate surface area is 144 Å². The summed E-state index contributed by atoms with van der Waals surface area (Å²) >= 11 is 0. The molecule has 1 amide bonds. The van der Waals surface area contributed by atoms with Crippen LogP contribution in [0.15, 0.2) is 24.3 Å². The zero-order valence-corrected chi connectivity index (χ0v) is 13.9. The number of benzene rings is 1. The largest absolute Gasteiger partial charge is 0.484 e. The van der Waals surface area contributed by atoms with Crippen LogP contribution in [-0.4, -0.2) is 67.6 Å². The van der Waals surface area contributed by atoms with Gasteiger partial charge in [-0.3, -0.25) is 9.69 Å². The van der Waals surface area contributed by atoms with Crippen molar-refractivity contribution in [2.24, 2.45) is 0 Å². The van der Waals surface area contributed by atoms with Crippen LogP contribution in [0.25, 0.3) is 0 Å². The van der Waals surface area contributed by atoms with Crippen molar-refractivity contribution in [2.75, 3.05) is 45.9 Å². The molecule has 138 valence electrons. The number of rotatable bonds is 4. The van der Waals surface area contributed by atoms with E-state index in [0.717, 1.165) is 44.7 Å². The van der Waals surface area contributed by atoms with E-state index in [4.69, 9.17) is 4.74 Å². The molecule has 2 saturated heterocycles. The van der Waals surface area contributed by atoms with Gasteiger partial charge in [-0.1, -0.05) is 6.07 Å². The van der Waals surface area contributed by atoms with Crippen LogP contribution in [0.2, 0.25) is 0 Å². The monoisotopic (exact) mass is 357 g/mol. The van der Waals surface area contributed by atoms with E-state index in [-0.39, 0.29) is 18.3 Å². The minimum Gasteiger partial charge on any atom is -0.484 e. The lowest BCUT2D eigenvalue weighted by molar-refractivity contribution is -0.137. The second-order valence-corrected chi connectivity index (χ2v) is 6.38. The number of carbonyl (C=O) groups excluding carboxylic acids is 1. The maximum absolute atomic E-state index is 12.7. The second-order valence-electron chi connectivity index (χ2n) is 6.38. The third-order valence-corrected chi connectivity index (χ3v) is 4.71. The number of amides is 1. The first kappa shape index (κ1) is 18.0. The molecule has 0 bridgehead atoms. The summed E-state index contributed by atoms with van der Waals surface area (Å²) in [6.45, 7) is 4.97. The Morgan fingerprint density at radius 3 is 2.72 bits per heavy atom. The summed E-state index contributed by atoms with van der Waals surface area (Å²) in [7, 11) is 0. The number of alkyl halides is 3. The van der Waals surface area contributed by atoms with E-state index in [1.54, 1.807) is 4.90 Å². The van der Waals surface area contributed by atoms with Gasteiger partial charge in [0.1, 0.15) is 5.75 Å². The third-order valence-electron chi connectivity index (χ3n) is 4.71. The average molecular weight is 357 g/mol. The van der Waals surface area contributed by atoms with E-state index in [1.165, 1.54) is 12.1 Å². The van der Waals surface area contributed by atoms with Gasteiger partial charge < -0.3 is 15.0 Å². The fraction of sp³-hybridized carbons (Fsp3) is 0.588. The molecule has 5 nitrogen and oxygen atoms in total. The molecule has 0 aliphatic carbocycles. The number of likely N-dealkylation sites (tertiary alicyclic amines) is 1. The van der Waals surface area contributed by atoms with Crippen LogP contribution in [0.3, 0.4) is 0 Å². The van der Waals surface area contributed by atoms with Crippen LogP contribution in [-0.2, 0) is 11.0 Å². The Balaban J connectivity index is 1.50. The van der Waals surface area contributed by atoms with Gasteiger partial charge >= 0.3 is 6.18 Å². The highest BCUT2D eigenvalue weighted by Crippen LogP contribution is 2.31. The van der Waals surface area contributed by atoms with E-state index in [2.05, 4.69) is 10.2 Å². The minimum atomic E-state index is -4.42. The van der Waals surface area contributed by atoms with Crippen molar-refractivity contribution in [2.45, 2.75) is 18.6 Å². The van der Waals surface area contributed by atoms with E-state index in [9.17, 15) is 18.0 Å². The van der Waals surface area contributed by atoms with E-state index < -0.39 is 11.7 Å². The average Bonchev–Trinajstić information content (AvgIpc) is 3.10. The van der Waals surface area contributed by atoms with Crippen molar-refractivity contribution in [3.63, 3.8) is 0 Å². The summed E-state index contributed by atoms with van der Waals surface area (Å²) in [5.74, 6) is -0.129. The fourth-order valence-electron chi connectivity index (χ4n) is 3.31. The zero-order valence-electron chi connectivity index (χ0n) is 13.9. The van der Waals surface area contributed by atoms with Crippen LogP contribution in [0, 0.1) is 0 Å². The molecule has 1 aromatic rings. The predicted octanol–water partition coefficient (Wildman–Crippen LogP) is 1.59. The number of piperazine rings is 1. The Morgan fingerprint density at radius 1 is 1.24 bits per heavy atom. The van der Waals surface area contributed by atoms with E-state index >= 15 is 0 Å². The highest BCUT2D eigenvalue weighted by atomic mass is 19.4. The highest BCUT2D eigenvalue weighted by Gasteiger charge is 2.32. The Hall–Kier alpha value is -1.80. The predicted molar refractivity (Wildman–Crippen MR) is 86.4 cm³/mol. The first-order valence-corrected chi connectivity index (χ1v) is 8.46. The van der Waals surface area contributed by atoms with Gasteiger partial charge in [0.2, 0.25) is 0 Å². The van der Waals surface area contributed by atoms with Gasteiger partial charge in [0, 0.05) is 45.3 Å². The lowest BCUT2D eigenvalue weighted by Crippen LogP contribution is -2.49. The summed E-state index contributed by atoms with van der Waals surface area (Å²) < 4.78 is 43.4. The number of hydrogen-bond acceptors (Lipinski definition) is 4.